The van der Waals surface area contributed by atoms with E-state index >= 15 is 0 Å². The number of carbonyl (C=O) groups excluding carboxylic acids is 1. The van der Waals surface area contributed by atoms with Gasteiger partial charge in [0.15, 0.2) is 5.96 Å². The summed E-state index contributed by atoms with van der Waals surface area (Å²) in [4.78, 5) is 20.7. The molecule has 2 aromatic rings. The second kappa shape index (κ2) is 10.4. The molecule has 0 aliphatic carbocycles. The largest absolute Gasteiger partial charge is 0.380 e. The van der Waals surface area contributed by atoms with Crippen molar-refractivity contribution in [1.82, 2.24) is 20.0 Å². The summed E-state index contributed by atoms with van der Waals surface area (Å²) < 4.78 is 6.89. The molecule has 1 amide bonds. The van der Waals surface area contributed by atoms with Crippen molar-refractivity contribution in [3.8, 4) is 0 Å². The Hall–Kier alpha value is -2.14. The SMILES string of the molecule is CN=C(NCc1cccc(COC)c1)N1CCN(c2cnn(C)c2)C(=O)C1.I. The first-order valence-corrected chi connectivity index (χ1v) is 8.92. The number of nitrogens with zero attached hydrogens (tertiary/aromatic N) is 5. The summed E-state index contributed by atoms with van der Waals surface area (Å²) in [7, 11) is 5.27. The number of rotatable bonds is 5. The topological polar surface area (TPSA) is 75.0 Å². The summed E-state index contributed by atoms with van der Waals surface area (Å²) in [5, 5.41) is 7.50. The van der Waals surface area contributed by atoms with Crippen molar-refractivity contribution in [2.24, 2.45) is 12.0 Å². The molecule has 1 aromatic carbocycles. The number of benzene rings is 1. The third-order valence-corrected chi connectivity index (χ3v) is 4.49. The van der Waals surface area contributed by atoms with Gasteiger partial charge in [-0.3, -0.25) is 14.5 Å². The van der Waals surface area contributed by atoms with Gasteiger partial charge in [-0.2, -0.15) is 5.10 Å². The molecule has 3 rings (SSSR count). The summed E-state index contributed by atoms with van der Waals surface area (Å²) >= 11 is 0. The number of carbonyl (C=O) groups is 1. The highest BCUT2D eigenvalue weighted by Gasteiger charge is 2.27. The maximum atomic E-state index is 12.6. The normalized spacial score (nSPS) is 14.8. The van der Waals surface area contributed by atoms with E-state index in [1.807, 2.05) is 30.3 Å². The van der Waals surface area contributed by atoms with Crippen LogP contribution in [0.4, 0.5) is 5.69 Å². The molecule has 1 fully saturated rings. The lowest BCUT2D eigenvalue weighted by Crippen LogP contribution is -2.55. The lowest BCUT2D eigenvalue weighted by molar-refractivity contribution is -0.120. The second-order valence-electron chi connectivity index (χ2n) is 6.49. The Bertz CT molecular complexity index is 822. The van der Waals surface area contributed by atoms with Crippen LogP contribution in [0.3, 0.4) is 0 Å². The first kappa shape index (κ1) is 22.2. The van der Waals surface area contributed by atoms with E-state index in [1.165, 1.54) is 0 Å². The van der Waals surface area contributed by atoms with Crippen LogP contribution in [0.1, 0.15) is 11.1 Å². The molecule has 1 N–H and O–H groups in total. The number of anilines is 1. The van der Waals surface area contributed by atoms with E-state index in [2.05, 4.69) is 27.5 Å². The summed E-state index contributed by atoms with van der Waals surface area (Å²) in [6.07, 6.45) is 3.57. The summed E-state index contributed by atoms with van der Waals surface area (Å²) in [5.74, 6) is 0.769. The summed E-state index contributed by atoms with van der Waals surface area (Å²) in [6, 6.07) is 8.22. The fourth-order valence-electron chi connectivity index (χ4n) is 3.18. The number of halogens is 1. The van der Waals surface area contributed by atoms with Crippen LogP contribution in [0.2, 0.25) is 0 Å². The number of guanidine groups is 1. The number of aryl methyl sites for hydroxylation is 1. The van der Waals surface area contributed by atoms with Crippen LogP contribution >= 0.6 is 24.0 Å². The smallest absolute Gasteiger partial charge is 0.246 e. The monoisotopic (exact) mass is 498 g/mol. The van der Waals surface area contributed by atoms with Gasteiger partial charge in [-0.1, -0.05) is 24.3 Å². The minimum absolute atomic E-state index is 0. The Morgan fingerprint density at radius 3 is 2.75 bits per heavy atom. The quantitative estimate of drug-likeness (QED) is 0.385. The number of hydrogen-bond donors (Lipinski definition) is 1. The highest BCUT2D eigenvalue weighted by atomic mass is 127. The molecule has 152 valence electrons. The number of aromatic nitrogens is 2. The first-order chi connectivity index (χ1) is 13.1. The van der Waals surface area contributed by atoms with E-state index in [9.17, 15) is 4.79 Å². The number of nitrogens with one attached hydrogen (secondary N) is 1. The van der Waals surface area contributed by atoms with Gasteiger partial charge in [-0.05, 0) is 11.1 Å². The maximum Gasteiger partial charge on any atom is 0.246 e. The lowest BCUT2D eigenvalue weighted by atomic mass is 10.1. The van der Waals surface area contributed by atoms with Crippen LogP contribution in [-0.4, -0.2) is 60.3 Å². The highest BCUT2D eigenvalue weighted by Crippen LogP contribution is 2.16. The van der Waals surface area contributed by atoms with Gasteiger partial charge in [0, 0.05) is 47.0 Å². The van der Waals surface area contributed by atoms with Crippen molar-refractivity contribution in [2.75, 3.05) is 38.7 Å². The van der Waals surface area contributed by atoms with Gasteiger partial charge in [0.1, 0.15) is 6.54 Å². The number of methoxy groups -OCH3 is 1. The van der Waals surface area contributed by atoms with Crippen molar-refractivity contribution < 1.29 is 9.53 Å². The number of hydrogen-bond acceptors (Lipinski definition) is 4. The number of ether oxygens (including phenoxy) is 1. The van der Waals surface area contributed by atoms with Gasteiger partial charge in [0.05, 0.1) is 18.5 Å². The average molecular weight is 498 g/mol. The van der Waals surface area contributed by atoms with Crippen molar-refractivity contribution in [1.29, 1.82) is 0 Å². The fourth-order valence-corrected chi connectivity index (χ4v) is 3.18. The van der Waals surface area contributed by atoms with Crippen LogP contribution in [-0.2, 0) is 29.7 Å². The molecule has 1 aliphatic rings. The molecule has 1 aliphatic heterocycles. The molecule has 0 radical (unpaired) electrons. The molecule has 9 heteroatoms. The van der Waals surface area contributed by atoms with Crippen molar-refractivity contribution in [2.45, 2.75) is 13.2 Å². The van der Waals surface area contributed by atoms with E-state index in [1.54, 1.807) is 29.9 Å². The molecule has 0 bridgehead atoms. The zero-order chi connectivity index (χ0) is 19.2. The minimum Gasteiger partial charge on any atom is -0.380 e. The van der Waals surface area contributed by atoms with Crippen LogP contribution in [0.15, 0.2) is 41.7 Å². The molecule has 8 nitrogen and oxygen atoms in total. The van der Waals surface area contributed by atoms with E-state index < -0.39 is 0 Å². The minimum atomic E-state index is 0. The van der Waals surface area contributed by atoms with Gasteiger partial charge in [0.2, 0.25) is 5.91 Å². The van der Waals surface area contributed by atoms with E-state index in [-0.39, 0.29) is 36.4 Å². The molecule has 28 heavy (non-hydrogen) atoms. The molecular formula is C19H27IN6O2. The Morgan fingerprint density at radius 2 is 2.11 bits per heavy atom. The standard InChI is InChI=1S/C19H26N6O2.HI/c1-20-19(21-10-15-5-4-6-16(9-15)14-27-3)24-7-8-25(18(26)13-24)17-11-22-23(2)12-17;/h4-6,9,11-12H,7-8,10,13-14H2,1-3H3,(H,20,21);1H. The molecule has 1 saturated heterocycles. The molecular weight excluding hydrogens is 471 g/mol. The van der Waals surface area contributed by atoms with E-state index in [4.69, 9.17) is 4.74 Å². The van der Waals surface area contributed by atoms with Crippen molar-refractivity contribution in [3.05, 3.63) is 47.8 Å². The van der Waals surface area contributed by atoms with Crippen molar-refractivity contribution >= 4 is 41.5 Å². The fraction of sp³-hybridized carbons (Fsp3) is 0.421. The number of amides is 1. The predicted molar refractivity (Wildman–Crippen MR) is 120 cm³/mol. The van der Waals surface area contributed by atoms with Crippen LogP contribution < -0.4 is 10.2 Å². The zero-order valence-corrected chi connectivity index (χ0v) is 18.8. The number of aliphatic imine (C=N–C) groups is 1. The van der Waals surface area contributed by atoms with Crippen LogP contribution in [0.5, 0.6) is 0 Å². The second-order valence-corrected chi connectivity index (χ2v) is 6.49. The van der Waals surface area contributed by atoms with Gasteiger partial charge < -0.3 is 19.9 Å². The summed E-state index contributed by atoms with van der Waals surface area (Å²) in [5.41, 5.74) is 3.11. The molecule has 2 heterocycles. The molecule has 1 aromatic heterocycles. The Balaban J connectivity index is 0.00000280. The van der Waals surface area contributed by atoms with Gasteiger partial charge >= 0.3 is 0 Å². The van der Waals surface area contributed by atoms with Gasteiger partial charge in [0.25, 0.3) is 0 Å². The Labute approximate surface area is 182 Å². The Kier molecular flexibility index (Phi) is 8.24. The van der Waals surface area contributed by atoms with Crippen molar-refractivity contribution in [3.63, 3.8) is 0 Å². The summed E-state index contributed by atoms with van der Waals surface area (Å²) in [6.45, 7) is 2.84. The highest BCUT2D eigenvalue weighted by molar-refractivity contribution is 14.0. The molecule has 0 spiro atoms. The average Bonchev–Trinajstić information content (AvgIpc) is 3.09. The van der Waals surface area contributed by atoms with Crippen LogP contribution in [0, 0.1) is 0 Å². The Morgan fingerprint density at radius 1 is 1.32 bits per heavy atom. The van der Waals surface area contributed by atoms with Crippen LogP contribution in [0.25, 0.3) is 0 Å². The third kappa shape index (κ3) is 5.44. The lowest BCUT2D eigenvalue weighted by Gasteiger charge is -2.35. The number of piperazine rings is 1. The first-order valence-electron chi connectivity index (χ1n) is 8.92. The van der Waals surface area contributed by atoms with Gasteiger partial charge in [-0.15, -0.1) is 24.0 Å². The molecule has 0 unspecified atom stereocenters. The molecule has 0 atom stereocenters. The molecule has 0 saturated carbocycles. The maximum absolute atomic E-state index is 12.6. The zero-order valence-electron chi connectivity index (χ0n) is 16.5. The van der Waals surface area contributed by atoms with E-state index in [0.29, 0.717) is 26.2 Å². The third-order valence-electron chi connectivity index (χ3n) is 4.49. The van der Waals surface area contributed by atoms with Gasteiger partial charge in [-0.25, -0.2) is 0 Å². The predicted octanol–water partition coefficient (Wildman–Crippen LogP) is 1.61. The van der Waals surface area contributed by atoms with E-state index in [0.717, 1.165) is 22.8 Å².